The van der Waals surface area contributed by atoms with Crippen molar-refractivity contribution in [3.63, 3.8) is 0 Å². The number of thioether (sulfide) groups is 1. The van der Waals surface area contributed by atoms with Crippen LogP contribution >= 0.6 is 11.8 Å². The summed E-state index contributed by atoms with van der Waals surface area (Å²) in [6.07, 6.45) is -4.62. The van der Waals surface area contributed by atoms with E-state index >= 15 is 0 Å². The first-order valence-electron chi connectivity index (χ1n) is 9.53. The molecule has 2 unspecified atom stereocenters. The molecule has 2 aromatic rings. The van der Waals surface area contributed by atoms with Crippen molar-refractivity contribution >= 4 is 38.4 Å². The fourth-order valence-corrected chi connectivity index (χ4v) is 7.84. The van der Waals surface area contributed by atoms with E-state index in [4.69, 9.17) is 0 Å². The lowest BCUT2D eigenvalue weighted by molar-refractivity contribution is -0.137. The van der Waals surface area contributed by atoms with E-state index in [1.54, 1.807) is 6.07 Å². The standard InChI is InChI=1S/C21H19F3N2O3S2/c1-13-5-4-6-14(9-13)10-19(27)25-20-26(17-11-31(28,29)12-18(17)30-20)16-8-3-2-7-15(16)21(22,23)24/h2-9,17-18H,10-12H2,1H3. The van der Waals surface area contributed by atoms with Crippen LogP contribution in [0.15, 0.2) is 53.5 Å². The maximum Gasteiger partial charge on any atom is 0.418 e. The predicted octanol–water partition coefficient (Wildman–Crippen LogP) is 3.86. The highest BCUT2D eigenvalue weighted by Crippen LogP contribution is 2.45. The average molecular weight is 469 g/mol. The number of halogens is 3. The van der Waals surface area contributed by atoms with Gasteiger partial charge in [-0.25, -0.2) is 8.42 Å². The number of carbonyl (C=O) groups is 1. The van der Waals surface area contributed by atoms with Crippen molar-refractivity contribution in [2.75, 3.05) is 16.4 Å². The third kappa shape index (κ3) is 4.64. The summed E-state index contributed by atoms with van der Waals surface area (Å²) in [6, 6.07) is 11.6. The molecule has 5 nitrogen and oxygen atoms in total. The van der Waals surface area contributed by atoms with Gasteiger partial charge in [-0.15, -0.1) is 0 Å². The molecule has 2 aromatic carbocycles. The van der Waals surface area contributed by atoms with Crippen LogP contribution in [0.4, 0.5) is 18.9 Å². The summed E-state index contributed by atoms with van der Waals surface area (Å²) < 4.78 is 65.2. The van der Waals surface area contributed by atoms with Crippen molar-refractivity contribution < 1.29 is 26.4 Å². The minimum Gasteiger partial charge on any atom is -0.315 e. The summed E-state index contributed by atoms with van der Waals surface area (Å²) in [5.74, 6) is -0.925. The van der Waals surface area contributed by atoms with Crippen LogP contribution in [-0.4, -0.2) is 42.3 Å². The molecule has 0 aromatic heterocycles. The number of benzene rings is 2. The topological polar surface area (TPSA) is 66.8 Å². The quantitative estimate of drug-likeness (QED) is 0.685. The van der Waals surface area contributed by atoms with Crippen LogP contribution in [0.5, 0.6) is 0 Å². The van der Waals surface area contributed by atoms with Gasteiger partial charge in [0, 0.05) is 5.25 Å². The Morgan fingerprint density at radius 2 is 1.90 bits per heavy atom. The Labute approximate surface area is 182 Å². The van der Waals surface area contributed by atoms with Crippen molar-refractivity contribution in [1.82, 2.24) is 0 Å². The number of carbonyl (C=O) groups excluding carboxylic acids is 1. The summed E-state index contributed by atoms with van der Waals surface area (Å²) in [5, 5.41) is -0.365. The van der Waals surface area contributed by atoms with Crippen LogP contribution in [0.3, 0.4) is 0 Å². The molecule has 0 aliphatic carbocycles. The first kappa shape index (κ1) is 21.9. The number of amides is 1. The zero-order chi connectivity index (χ0) is 22.4. The molecule has 2 heterocycles. The van der Waals surface area contributed by atoms with Crippen molar-refractivity contribution in [1.29, 1.82) is 0 Å². The molecule has 0 saturated carbocycles. The van der Waals surface area contributed by atoms with Gasteiger partial charge in [0.25, 0.3) is 5.91 Å². The normalized spacial score (nSPS) is 23.9. The Morgan fingerprint density at radius 3 is 2.61 bits per heavy atom. The first-order valence-corrected chi connectivity index (χ1v) is 12.2. The monoisotopic (exact) mass is 468 g/mol. The van der Waals surface area contributed by atoms with Crippen molar-refractivity contribution in [3.8, 4) is 0 Å². The van der Waals surface area contributed by atoms with Gasteiger partial charge >= 0.3 is 6.18 Å². The summed E-state index contributed by atoms with van der Waals surface area (Å²) in [6.45, 7) is 1.89. The van der Waals surface area contributed by atoms with Crippen molar-refractivity contribution in [2.45, 2.75) is 30.8 Å². The van der Waals surface area contributed by atoms with Crippen LogP contribution in [-0.2, 0) is 27.2 Å². The molecule has 31 heavy (non-hydrogen) atoms. The van der Waals surface area contributed by atoms with Crippen LogP contribution in [0.1, 0.15) is 16.7 Å². The number of sulfone groups is 1. The van der Waals surface area contributed by atoms with Gasteiger partial charge in [0.15, 0.2) is 15.0 Å². The number of hydrogen-bond acceptors (Lipinski definition) is 4. The molecule has 2 aliphatic rings. The Morgan fingerprint density at radius 1 is 1.16 bits per heavy atom. The van der Waals surface area contributed by atoms with E-state index in [2.05, 4.69) is 4.99 Å². The maximum absolute atomic E-state index is 13.7. The molecule has 2 fully saturated rings. The van der Waals surface area contributed by atoms with Gasteiger partial charge in [-0.2, -0.15) is 18.2 Å². The maximum atomic E-state index is 13.7. The molecule has 164 valence electrons. The van der Waals surface area contributed by atoms with Gasteiger partial charge in [0.2, 0.25) is 0 Å². The average Bonchev–Trinajstić information content (AvgIpc) is 3.11. The fourth-order valence-electron chi connectivity index (χ4n) is 3.91. The fraction of sp³-hybridized carbons (Fsp3) is 0.333. The van der Waals surface area contributed by atoms with Gasteiger partial charge in [0.1, 0.15) is 0 Å². The van der Waals surface area contributed by atoms with Crippen LogP contribution < -0.4 is 4.90 Å². The van der Waals surface area contributed by atoms with E-state index in [0.29, 0.717) is 0 Å². The summed E-state index contributed by atoms with van der Waals surface area (Å²) >= 11 is 1.06. The third-order valence-corrected chi connectivity index (χ3v) is 8.40. The van der Waals surface area contributed by atoms with Crippen molar-refractivity contribution in [3.05, 3.63) is 65.2 Å². The zero-order valence-corrected chi connectivity index (χ0v) is 18.1. The molecule has 2 aliphatic heterocycles. The lowest BCUT2D eigenvalue weighted by Crippen LogP contribution is -2.39. The smallest absolute Gasteiger partial charge is 0.315 e. The minimum absolute atomic E-state index is 0.00807. The highest BCUT2D eigenvalue weighted by Gasteiger charge is 2.51. The first-order chi connectivity index (χ1) is 14.5. The Kier molecular flexibility index (Phi) is 5.63. The number of aryl methyl sites for hydroxylation is 1. The molecular formula is C21H19F3N2O3S2. The third-order valence-electron chi connectivity index (χ3n) is 5.19. The van der Waals surface area contributed by atoms with Gasteiger partial charge in [0.05, 0.1) is 35.2 Å². The number of amidine groups is 1. The predicted molar refractivity (Wildman–Crippen MR) is 115 cm³/mol. The van der Waals surface area contributed by atoms with Crippen LogP contribution in [0.2, 0.25) is 0 Å². The molecule has 1 amide bonds. The highest BCUT2D eigenvalue weighted by atomic mass is 32.2. The van der Waals surface area contributed by atoms with E-state index in [9.17, 15) is 26.4 Å². The number of aliphatic imine (C=N–C) groups is 1. The van der Waals surface area contributed by atoms with Crippen molar-refractivity contribution in [2.24, 2.45) is 4.99 Å². The number of fused-ring (bicyclic) bond motifs is 1. The molecule has 0 radical (unpaired) electrons. The zero-order valence-electron chi connectivity index (χ0n) is 16.5. The second kappa shape index (κ2) is 7.98. The van der Waals surface area contributed by atoms with E-state index in [1.165, 1.54) is 23.1 Å². The van der Waals surface area contributed by atoms with E-state index < -0.39 is 38.8 Å². The largest absolute Gasteiger partial charge is 0.418 e. The molecule has 0 bridgehead atoms. The molecule has 2 saturated heterocycles. The Balaban J connectivity index is 1.72. The van der Waals surface area contributed by atoms with E-state index in [1.807, 2.05) is 25.1 Å². The Hall–Kier alpha value is -2.33. The molecule has 2 atom stereocenters. The number of alkyl halides is 3. The van der Waals surface area contributed by atoms with Gasteiger partial charge in [-0.1, -0.05) is 53.7 Å². The molecule has 10 heteroatoms. The summed E-state index contributed by atoms with van der Waals surface area (Å²) in [5.41, 5.74) is 0.657. The van der Waals surface area contributed by atoms with Crippen LogP contribution in [0, 0.1) is 6.92 Å². The second-order valence-electron chi connectivity index (χ2n) is 7.64. The minimum atomic E-state index is -4.63. The summed E-state index contributed by atoms with van der Waals surface area (Å²) in [7, 11) is -3.38. The van der Waals surface area contributed by atoms with Crippen LogP contribution in [0.25, 0.3) is 0 Å². The second-order valence-corrected chi connectivity index (χ2v) is 11.0. The molecule has 0 spiro atoms. The van der Waals surface area contributed by atoms with Gasteiger partial charge < -0.3 is 4.90 Å². The number of rotatable bonds is 3. The lowest BCUT2D eigenvalue weighted by atomic mass is 10.1. The SMILES string of the molecule is Cc1cccc(CC(=O)N=C2SC3CS(=O)(=O)CC3N2c2ccccc2C(F)(F)F)c1. The number of hydrogen-bond donors (Lipinski definition) is 0. The van der Waals surface area contributed by atoms with E-state index in [0.717, 1.165) is 29.0 Å². The number of anilines is 1. The highest BCUT2D eigenvalue weighted by molar-refractivity contribution is 8.16. The molecule has 0 N–H and O–H groups in total. The van der Waals surface area contributed by atoms with E-state index in [-0.39, 0.29) is 28.8 Å². The number of para-hydroxylation sites is 1. The Bertz CT molecular complexity index is 1160. The molecular weight excluding hydrogens is 449 g/mol. The molecule has 4 rings (SSSR count). The summed E-state index contributed by atoms with van der Waals surface area (Å²) in [4.78, 5) is 18.0. The lowest BCUT2D eigenvalue weighted by Gasteiger charge is -2.27. The van der Waals surface area contributed by atoms with Gasteiger partial charge in [-0.3, -0.25) is 4.79 Å². The van der Waals surface area contributed by atoms with Gasteiger partial charge in [-0.05, 0) is 24.6 Å². The number of nitrogens with zero attached hydrogens (tertiary/aromatic N) is 2.